The SMILES string of the molecule is CC1=CC(C)(C)N(C)c2cc(Cl)c(/C=N/NC(=O)c3cccc4ccccc34)cc21. The number of likely N-dealkylation sites (N-methyl/N-ethyl adjacent to an activating group) is 1. The van der Waals surface area contributed by atoms with Crippen LogP contribution in [0.5, 0.6) is 0 Å². The van der Waals surface area contributed by atoms with Gasteiger partial charge < -0.3 is 4.90 Å². The quantitative estimate of drug-likeness (QED) is 0.426. The van der Waals surface area contributed by atoms with Crippen LogP contribution in [-0.4, -0.2) is 24.7 Å². The summed E-state index contributed by atoms with van der Waals surface area (Å²) in [5.74, 6) is -0.255. The first kappa shape index (κ1) is 20.2. The number of hydrazone groups is 1. The van der Waals surface area contributed by atoms with Gasteiger partial charge in [0.2, 0.25) is 0 Å². The molecule has 3 aromatic rings. The van der Waals surface area contributed by atoms with Crippen molar-refractivity contribution in [1.82, 2.24) is 5.43 Å². The molecule has 0 saturated heterocycles. The summed E-state index contributed by atoms with van der Waals surface area (Å²) in [6.07, 6.45) is 3.84. The van der Waals surface area contributed by atoms with E-state index in [0.29, 0.717) is 10.6 Å². The zero-order valence-electron chi connectivity index (χ0n) is 17.5. The van der Waals surface area contributed by atoms with E-state index in [-0.39, 0.29) is 11.4 Å². The van der Waals surface area contributed by atoms with Crippen LogP contribution in [0.25, 0.3) is 16.3 Å². The molecule has 0 fully saturated rings. The highest BCUT2D eigenvalue weighted by atomic mass is 35.5. The molecule has 1 heterocycles. The molecule has 1 amide bonds. The first-order chi connectivity index (χ1) is 14.3. The van der Waals surface area contributed by atoms with Crippen molar-refractivity contribution >= 4 is 45.8 Å². The summed E-state index contributed by atoms with van der Waals surface area (Å²) < 4.78 is 0. The maximum Gasteiger partial charge on any atom is 0.271 e. The van der Waals surface area contributed by atoms with Crippen LogP contribution < -0.4 is 10.3 Å². The van der Waals surface area contributed by atoms with Crippen molar-refractivity contribution in [3.8, 4) is 0 Å². The molecule has 3 aromatic carbocycles. The van der Waals surface area contributed by atoms with E-state index in [4.69, 9.17) is 11.6 Å². The molecular formula is C25H24ClN3O. The molecule has 152 valence electrons. The maximum absolute atomic E-state index is 12.7. The summed E-state index contributed by atoms with van der Waals surface area (Å²) in [5, 5.41) is 6.67. The van der Waals surface area contributed by atoms with E-state index in [9.17, 15) is 4.79 Å². The van der Waals surface area contributed by atoms with E-state index >= 15 is 0 Å². The number of fused-ring (bicyclic) bond motifs is 2. The van der Waals surface area contributed by atoms with Crippen molar-refractivity contribution in [2.24, 2.45) is 5.10 Å². The zero-order valence-corrected chi connectivity index (χ0v) is 18.3. The average Bonchev–Trinajstić information content (AvgIpc) is 2.72. The van der Waals surface area contributed by atoms with Crippen LogP contribution in [0.4, 0.5) is 5.69 Å². The third-order valence-corrected chi connectivity index (χ3v) is 6.07. The molecule has 0 atom stereocenters. The molecule has 1 N–H and O–H groups in total. The Bertz CT molecular complexity index is 1200. The third-order valence-electron chi connectivity index (χ3n) is 5.74. The van der Waals surface area contributed by atoms with Gasteiger partial charge in [0.25, 0.3) is 5.91 Å². The zero-order chi connectivity index (χ0) is 21.5. The molecule has 0 unspecified atom stereocenters. The molecule has 0 aliphatic carbocycles. The second kappa shape index (κ2) is 7.62. The smallest absolute Gasteiger partial charge is 0.271 e. The molecule has 0 aromatic heterocycles. The Morgan fingerprint density at radius 1 is 1.13 bits per heavy atom. The van der Waals surface area contributed by atoms with E-state index in [1.54, 1.807) is 12.3 Å². The Labute approximate surface area is 181 Å². The van der Waals surface area contributed by atoms with Crippen LogP contribution in [0.1, 0.15) is 42.3 Å². The fourth-order valence-electron chi connectivity index (χ4n) is 3.93. The van der Waals surface area contributed by atoms with Crippen LogP contribution in [0.3, 0.4) is 0 Å². The van der Waals surface area contributed by atoms with Gasteiger partial charge in [-0.1, -0.05) is 54.1 Å². The minimum Gasteiger partial charge on any atom is -0.365 e. The summed E-state index contributed by atoms with van der Waals surface area (Å²) in [6.45, 7) is 6.45. The van der Waals surface area contributed by atoms with Crippen LogP contribution in [0.15, 0.2) is 65.8 Å². The van der Waals surface area contributed by atoms with Crippen molar-refractivity contribution in [1.29, 1.82) is 0 Å². The van der Waals surface area contributed by atoms with Gasteiger partial charge in [-0.3, -0.25) is 4.79 Å². The lowest BCUT2D eigenvalue weighted by Gasteiger charge is -2.40. The summed E-state index contributed by atoms with van der Waals surface area (Å²) >= 11 is 6.53. The lowest BCUT2D eigenvalue weighted by molar-refractivity contribution is 0.0957. The van der Waals surface area contributed by atoms with E-state index in [0.717, 1.165) is 27.6 Å². The second-order valence-electron chi connectivity index (χ2n) is 8.16. The van der Waals surface area contributed by atoms with Crippen molar-refractivity contribution in [3.63, 3.8) is 0 Å². The molecule has 0 saturated carbocycles. The number of hydrogen-bond acceptors (Lipinski definition) is 3. The first-order valence-corrected chi connectivity index (χ1v) is 10.2. The number of benzene rings is 3. The minimum absolute atomic E-state index is 0.0809. The molecule has 0 spiro atoms. The Balaban J connectivity index is 1.59. The van der Waals surface area contributed by atoms with Gasteiger partial charge in [0.15, 0.2) is 0 Å². The van der Waals surface area contributed by atoms with Crippen molar-refractivity contribution < 1.29 is 4.79 Å². The predicted octanol–water partition coefficient (Wildman–Crippen LogP) is 5.89. The van der Waals surface area contributed by atoms with Gasteiger partial charge in [0.1, 0.15) is 0 Å². The molecular weight excluding hydrogens is 394 g/mol. The van der Waals surface area contributed by atoms with Gasteiger partial charge in [-0.2, -0.15) is 5.10 Å². The molecule has 0 bridgehead atoms. The number of anilines is 1. The molecule has 1 aliphatic rings. The number of nitrogens with zero attached hydrogens (tertiary/aromatic N) is 2. The van der Waals surface area contributed by atoms with Crippen LogP contribution >= 0.6 is 11.6 Å². The van der Waals surface area contributed by atoms with Gasteiger partial charge in [0, 0.05) is 29.4 Å². The topological polar surface area (TPSA) is 44.7 Å². The van der Waals surface area contributed by atoms with Gasteiger partial charge in [-0.25, -0.2) is 5.43 Å². The number of rotatable bonds is 3. The van der Waals surface area contributed by atoms with Crippen LogP contribution in [0.2, 0.25) is 5.02 Å². The highest BCUT2D eigenvalue weighted by molar-refractivity contribution is 6.33. The summed E-state index contributed by atoms with van der Waals surface area (Å²) in [5.41, 5.74) is 7.28. The largest absolute Gasteiger partial charge is 0.365 e. The van der Waals surface area contributed by atoms with Crippen LogP contribution in [0, 0.1) is 0 Å². The second-order valence-corrected chi connectivity index (χ2v) is 8.56. The Morgan fingerprint density at radius 2 is 1.87 bits per heavy atom. The molecule has 5 heteroatoms. The Morgan fingerprint density at radius 3 is 2.67 bits per heavy atom. The van der Waals surface area contributed by atoms with Crippen molar-refractivity contribution in [2.75, 3.05) is 11.9 Å². The van der Waals surface area contributed by atoms with Crippen molar-refractivity contribution in [2.45, 2.75) is 26.3 Å². The summed E-state index contributed by atoms with van der Waals surface area (Å²) in [6, 6.07) is 17.4. The normalized spacial score (nSPS) is 15.2. The molecule has 4 rings (SSSR count). The fourth-order valence-corrected chi connectivity index (χ4v) is 4.14. The Kier molecular flexibility index (Phi) is 5.12. The number of amides is 1. The molecule has 4 nitrogen and oxygen atoms in total. The maximum atomic E-state index is 12.7. The number of hydrogen-bond donors (Lipinski definition) is 1. The highest BCUT2D eigenvalue weighted by Gasteiger charge is 2.29. The minimum atomic E-state index is -0.255. The number of nitrogens with one attached hydrogen (secondary N) is 1. The average molecular weight is 418 g/mol. The number of allylic oxidation sites excluding steroid dienone is 1. The molecule has 0 radical (unpaired) electrons. The van der Waals surface area contributed by atoms with Crippen LogP contribution in [-0.2, 0) is 0 Å². The standard InChI is InChI=1S/C25H24ClN3O/c1-16-14-25(2,3)29(4)23-13-22(26)18(12-21(16)23)15-27-28-24(30)20-11-7-9-17-8-5-6-10-19(17)20/h5-15H,1-4H3,(H,28,30)/b27-15+. The summed E-state index contributed by atoms with van der Waals surface area (Å²) in [4.78, 5) is 14.9. The molecule has 1 aliphatic heterocycles. The van der Waals surface area contributed by atoms with E-state index in [1.165, 1.54) is 5.57 Å². The predicted molar refractivity (Wildman–Crippen MR) is 127 cm³/mol. The lowest BCUT2D eigenvalue weighted by atomic mass is 9.88. The van der Waals surface area contributed by atoms with Gasteiger partial charge in [-0.15, -0.1) is 0 Å². The van der Waals surface area contributed by atoms with E-state index < -0.39 is 0 Å². The van der Waals surface area contributed by atoms with E-state index in [2.05, 4.69) is 49.3 Å². The molecule has 30 heavy (non-hydrogen) atoms. The van der Waals surface area contributed by atoms with Gasteiger partial charge in [0.05, 0.1) is 16.8 Å². The third kappa shape index (κ3) is 3.59. The fraction of sp³-hybridized carbons (Fsp3) is 0.200. The van der Waals surface area contributed by atoms with Gasteiger partial charge in [-0.05, 0) is 55.3 Å². The lowest BCUT2D eigenvalue weighted by Crippen LogP contribution is -2.42. The summed E-state index contributed by atoms with van der Waals surface area (Å²) in [7, 11) is 2.07. The monoisotopic (exact) mass is 417 g/mol. The Hall–Kier alpha value is -3.11. The number of carbonyl (C=O) groups excluding carboxylic acids is 1. The van der Waals surface area contributed by atoms with Gasteiger partial charge >= 0.3 is 0 Å². The van der Waals surface area contributed by atoms with E-state index in [1.807, 2.05) is 48.5 Å². The highest BCUT2D eigenvalue weighted by Crippen LogP contribution is 2.40. The number of carbonyl (C=O) groups is 1. The number of halogens is 1. The van der Waals surface area contributed by atoms with Crippen molar-refractivity contribution in [3.05, 3.63) is 82.4 Å². The first-order valence-electron chi connectivity index (χ1n) is 9.86.